The van der Waals surface area contributed by atoms with Crippen molar-refractivity contribution in [3.05, 3.63) is 30.5 Å². The third-order valence-electron chi connectivity index (χ3n) is 9.45. The minimum Gasteiger partial charge on any atom is -0.508 e. The number of aromatic nitrogens is 3. The van der Waals surface area contributed by atoms with E-state index in [4.69, 9.17) is 14.2 Å². The van der Waals surface area contributed by atoms with Crippen LogP contribution in [0.4, 0.5) is 0 Å². The molecular formula is C31H43N7O7. The van der Waals surface area contributed by atoms with Crippen LogP contribution in [0, 0.1) is 0 Å². The Bertz CT molecular complexity index is 1340. The van der Waals surface area contributed by atoms with Crippen molar-refractivity contribution in [2.75, 3.05) is 65.8 Å². The van der Waals surface area contributed by atoms with Crippen molar-refractivity contribution in [3.8, 4) is 17.0 Å². The Morgan fingerprint density at radius 1 is 0.933 bits per heavy atom. The monoisotopic (exact) mass is 625 g/mol. The molecule has 1 aromatic heterocycles. The molecule has 1 aromatic carbocycles. The number of rotatable bonds is 3. The van der Waals surface area contributed by atoms with E-state index in [0.29, 0.717) is 49.7 Å². The minimum atomic E-state index is -0.817. The Labute approximate surface area is 262 Å². The first-order valence-corrected chi connectivity index (χ1v) is 16.0. The van der Waals surface area contributed by atoms with Crippen LogP contribution in [0.2, 0.25) is 0 Å². The lowest BCUT2D eigenvalue weighted by molar-refractivity contribution is -0.142. The standard InChI is InChI=1S/C31H43N7O7/c39-24-3-1-2-22(18-24)25-20-38(35-34-25)26-4-10-37-28(41)19-31(7-11-36(12-8-31)23-5-13-43-14-6-23)33-27(40)21-45-17-16-44-15-9-32-30(42)29(26)37/h1-3,18,20,23,26,29,39H,4-17,19,21H2,(H,32,42)(H,33,40)/t26-,29+/m1/s1. The van der Waals surface area contributed by atoms with Gasteiger partial charge < -0.3 is 39.8 Å². The predicted octanol–water partition coefficient (Wildman–Crippen LogP) is 0.476. The maximum atomic E-state index is 14.2. The topological polar surface area (TPSA) is 160 Å². The van der Waals surface area contributed by atoms with E-state index in [1.165, 1.54) is 0 Å². The minimum absolute atomic E-state index is 0.0892. The molecule has 3 amide bonds. The highest BCUT2D eigenvalue weighted by molar-refractivity contribution is 5.89. The van der Waals surface area contributed by atoms with Gasteiger partial charge in [-0.15, -0.1) is 5.10 Å². The number of fused-ring (bicyclic) bond motifs is 1. The quantitative estimate of drug-likeness (QED) is 0.438. The zero-order valence-electron chi connectivity index (χ0n) is 25.6. The average Bonchev–Trinajstić information content (AvgIpc) is 3.71. The molecule has 0 aliphatic carbocycles. The molecule has 0 radical (unpaired) electrons. The maximum absolute atomic E-state index is 14.2. The zero-order chi connectivity index (χ0) is 31.2. The van der Waals surface area contributed by atoms with Gasteiger partial charge in [0, 0.05) is 51.0 Å². The highest BCUT2D eigenvalue weighted by atomic mass is 16.5. The van der Waals surface area contributed by atoms with E-state index in [0.717, 1.165) is 39.1 Å². The first-order chi connectivity index (χ1) is 21.9. The van der Waals surface area contributed by atoms with Gasteiger partial charge in [-0.05, 0) is 44.2 Å². The highest BCUT2D eigenvalue weighted by Crippen LogP contribution is 2.34. The molecule has 5 heterocycles. The normalized spacial score (nSPS) is 26.4. The van der Waals surface area contributed by atoms with Gasteiger partial charge in [-0.2, -0.15) is 0 Å². The van der Waals surface area contributed by atoms with Crippen molar-refractivity contribution >= 4 is 17.7 Å². The molecule has 3 N–H and O–H groups in total. The van der Waals surface area contributed by atoms with E-state index in [-0.39, 0.29) is 56.3 Å². The lowest BCUT2D eigenvalue weighted by Crippen LogP contribution is -2.60. The van der Waals surface area contributed by atoms with Crippen LogP contribution in [-0.2, 0) is 28.6 Å². The number of carbonyl (C=O) groups is 3. The van der Waals surface area contributed by atoms with Crippen molar-refractivity contribution < 1.29 is 33.7 Å². The first kappa shape index (κ1) is 31.4. The molecule has 0 bridgehead atoms. The van der Waals surface area contributed by atoms with Crippen molar-refractivity contribution in [2.45, 2.75) is 62.2 Å². The number of likely N-dealkylation sites (tertiary alicyclic amines) is 1. The fraction of sp³-hybridized carbons (Fsp3) is 0.645. The molecule has 2 aromatic rings. The van der Waals surface area contributed by atoms with Gasteiger partial charge in [-0.25, -0.2) is 4.68 Å². The average molecular weight is 626 g/mol. The molecule has 4 saturated heterocycles. The van der Waals surface area contributed by atoms with E-state index < -0.39 is 17.6 Å². The number of ether oxygens (including phenoxy) is 3. The summed E-state index contributed by atoms with van der Waals surface area (Å²) in [6, 6.07) is 5.92. The molecule has 4 aliphatic heterocycles. The van der Waals surface area contributed by atoms with Crippen molar-refractivity contribution in [1.82, 2.24) is 35.4 Å². The predicted molar refractivity (Wildman–Crippen MR) is 161 cm³/mol. The summed E-state index contributed by atoms with van der Waals surface area (Å²) in [5.74, 6) is -0.621. The number of nitrogens with one attached hydrogen (secondary N) is 2. The van der Waals surface area contributed by atoms with E-state index in [1.807, 2.05) is 6.07 Å². The molecule has 4 fully saturated rings. The molecule has 4 aliphatic rings. The number of aromatic hydroxyl groups is 1. The molecule has 6 rings (SSSR count). The highest BCUT2D eigenvalue weighted by Gasteiger charge is 2.47. The van der Waals surface area contributed by atoms with Crippen molar-refractivity contribution in [1.29, 1.82) is 0 Å². The Balaban J connectivity index is 1.23. The number of nitrogens with zero attached hydrogens (tertiary/aromatic N) is 5. The summed E-state index contributed by atoms with van der Waals surface area (Å²) >= 11 is 0. The molecular weight excluding hydrogens is 582 g/mol. The summed E-state index contributed by atoms with van der Waals surface area (Å²) in [6.45, 7) is 4.35. The second kappa shape index (κ2) is 14.2. The fourth-order valence-corrected chi connectivity index (χ4v) is 7.06. The van der Waals surface area contributed by atoms with Crippen LogP contribution in [0.15, 0.2) is 30.5 Å². The van der Waals surface area contributed by atoms with Crippen LogP contribution < -0.4 is 10.6 Å². The smallest absolute Gasteiger partial charge is 0.246 e. The number of hydrogen-bond acceptors (Lipinski definition) is 10. The van der Waals surface area contributed by atoms with E-state index in [1.54, 1.807) is 34.0 Å². The first-order valence-electron chi connectivity index (χ1n) is 16.0. The second-order valence-electron chi connectivity index (χ2n) is 12.4. The van der Waals surface area contributed by atoms with Gasteiger partial charge in [0.05, 0.1) is 44.0 Å². The lowest BCUT2D eigenvalue weighted by atomic mass is 9.82. The third-order valence-corrected chi connectivity index (χ3v) is 9.45. The number of piperidine rings is 1. The molecule has 0 saturated carbocycles. The molecule has 2 atom stereocenters. The molecule has 45 heavy (non-hydrogen) atoms. The van der Waals surface area contributed by atoms with Crippen LogP contribution in [0.25, 0.3) is 11.3 Å². The van der Waals surface area contributed by atoms with Gasteiger partial charge >= 0.3 is 0 Å². The van der Waals surface area contributed by atoms with E-state index >= 15 is 0 Å². The maximum Gasteiger partial charge on any atom is 0.246 e. The van der Waals surface area contributed by atoms with Crippen LogP contribution >= 0.6 is 0 Å². The molecule has 1 spiro atoms. The third kappa shape index (κ3) is 7.46. The van der Waals surface area contributed by atoms with Crippen LogP contribution in [0.5, 0.6) is 5.75 Å². The number of carbonyl (C=O) groups excluding carboxylic acids is 3. The van der Waals surface area contributed by atoms with Gasteiger partial charge in [0.15, 0.2) is 0 Å². The Hall–Kier alpha value is -3.59. The summed E-state index contributed by atoms with van der Waals surface area (Å²) in [6.07, 6.45) is 5.55. The van der Waals surface area contributed by atoms with Crippen molar-refractivity contribution in [2.24, 2.45) is 0 Å². The summed E-state index contributed by atoms with van der Waals surface area (Å²) < 4.78 is 18.3. The van der Waals surface area contributed by atoms with Gasteiger partial charge in [-0.1, -0.05) is 17.3 Å². The second-order valence-corrected chi connectivity index (χ2v) is 12.4. The molecule has 14 nitrogen and oxygen atoms in total. The molecule has 244 valence electrons. The number of hydrogen-bond donors (Lipinski definition) is 3. The summed E-state index contributed by atoms with van der Waals surface area (Å²) in [4.78, 5) is 45.0. The van der Waals surface area contributed by atoms with Gasteiger partial charge in [0.2, 0.25) is 17.7 Å². The summed E-state index contributed by atoms with van der Waals surface area (Å²) in [5.41, 5.74) is 0.500. The Morgan fingerprint density at radius 2 is 1.71 bits per heavy atom. The summed E-state index contributed by atoms with van der Waals surface area (Å²) in [7, 11) is 0. The van der Waals surface area contributed by atoms with Gasteiger partial charge in [0.25, 0.3) is 0 Å². The molecule has 0 unspecified atom stereocenters. The number of benzene rings is 1. The van der Waals surface area contributed by atoms with E-state index in [9.17, 15) is 19.5 Å². The summed E-state index contributed by atoms with van der Waals surface area (Å²) in [5, 5.41) is 24.7. The Morgan fingerprint density at radius 3 is 2.51 bits per heavy atom. The fourth-order valence-electron chi connectivity index (χ4n) is 7.06. The number of phenols is 1. The van der Waals surface area contributed by atoms with E-state index in [2.05, 4.69) is 25.8 Å². The van der Waals surface area contributed by atoms with Crippen LogP contribution in [0.3, 0.4) is 0 Å². The SMILES string of the molecule is O=C1COCCOCCNC(=O)[C@@H]2[C@H](n3cc(-c4cccc(O)c4)nn3)CCN2C(=O)CC2(CCN(C3CCOCC3)CC2)N1. The Kier molecular flexibility index (Phi) is 9.93. The van der Waals surface area contributed by atoms with Crippen LogP contribution in [-0.4, -0.2) is 131 Å². The lowest BCUT2D eigenvalue weighted by Gasteiger charge is -2.46. The zero-order valence-corrected chi connectivity index (χ0v) is 25.6. The van der Waals surface area contributed by atoms with Gasteiger partial charge in [-0.3, -0.25) is 14.4 Å². The van der Waals surface area contributed by atoms with Gasteiger partial charge in [0.1, 0.15) is 24.1 Å². The number of phenolic OH excluding ortho intramolecular Hbond substituents is 1. The molecule has 14 heteroatoms. The number of amides is 3. The largest absolute Gasteiger partial charge is 0.508 e. The van der Waals surface area contributed by atoms with Crippen molar-refractivity contribution in [3.63, 3.8) is 0 Å². The van der Waals surface area contributed by atoms with Crippen LogP contribution in [0.1, 0.15) is 44.6 Å².